The SMILES string of the molecule is O[C@@H](CN[C@H]1CCCc2ccccc21)COc1c(Cl)cccc1Cl. The van der Waals surface area contributed by atoms with Crippen molar-refractivity contribution in [3.8, 4) is 5.75 Å². The summed E-state index contributed by atoms with van der Waals surface area (Å²) in [5.74, 6) is 0.419. The lowest BCUT2D eigenvalue weighted by Crippen LogP contribution is -2.35. The van der Waals surface area contributed by atoms with Crippen LogP contribution in [0.5, 0.6) is 5.75 Å². The van der Waals surface area contributed by atoms with Crippen molar-refractivity contribution in [1.82, 2.24) is 5.32 Å². The first-order chi connectivity index (χ1) is 11.6. The van der Waals surface area contributed by atoms with Crippen molar-refractivity contribution in [2.75, 3.05) is 13.2 Å². The van der Waals surface area contributed by atoms with Crippen LogP contribution in [0.2, 0.25) is 10.0 Å². The summed E-state index contributed by atoms with van der Waals surface area (Å²) in [6.07, 6.45) is 2.74. The molecule has 1 aliphatic carbocycles. The first-order valence-electron chi connectivity index (χ1n) is 8.21. The predicted molar refractivity (Wildman–Crippen MR) is 98.1 cm³/mol. The molecule has 128 valence electrons. The normalized spacial score (nSPS) is 18.0. The number of halogens is 2. The fraction of sp³-hybridized carbons (Fsp3) is 0.368. The average Bonchev–Trinajstić information content (AvgIpc) is 2.59. The standard InChI is InChI=1S/C19H21Cl2NO2/c20-16-8-4-9-17(21)19(16)24-12-14(23)11-22-18-10-3-6-13-5-1-2-7-15(13)18/h1-2,4-5,7-9,14,18,22-23H,3,6,10-12H2/t14-,18-/m0/s1. The molecule has 0 aromatic heterocycles. The lowest BCUT2D eigenvalue weighted by atomic mass is 9.88. The van der Waals surface area contributed by atoms with E-state index < -0.39 is 6.10 Å². The molecule has 5 heteroatoms. The third-order valence-corrected chi connectivity index (χ3v) is 4.90. The van der Waals surface area contributed by atoms with Crippen molar-refractivity contribution < 1.29 is 9.84 Å². The minimum Gasteiger partial charge on any atom is -0.488 e. The lowest BCUT2D eigenvalue weighted by Gasteiger charge is -2.27. The Morgan fingerprint density at radius 2 is 1.88 bits per heavy atom. The van der Waals surface area contributed by atoms with E-state index in [1.807, 2.05) is 0 Å². The Morgan fingerprint density at radius 3 is 2.67 bits per heavy atom. The molecule has 2 aromatic rings. The number of benzene rings is 2. The number of ether oxygens (including phenoxy) is 1. The molecule has 3 rings (SSSR count). The van der Waals surface area contributed by atoms with Gasteiger partial charge in [0.1, 0.15) is 12.7 Å². The molecule has 0 fully saturated rings. The summed E-state index contributed by atoms with van der Waals surface area (Å²) in [5.41, 5.74) is 2.74. The van der Waals surface area contributed by atoms with Gasteiger partial charge in [0.05, 0.1) is 10.0 Å². The van der Waals surface area contributed by atoms with Gasteiger partial charge in [0.2, 0.25) is 0 Å². The fourth-order valence-electron chi connectivity index (χ4n) is 3.10. The van der Waals surface area contributed by atoms with Crippen molar-refractivity contribution in [2.24, 2.45) is 0 Å². The zero-order valence-electron chi connectivity index (χ0n) is 13.3. The Balaban J connectivity index is 1.52. The maximum atomic E-state index is 10.2. The van der Waals surface area contributed by atoms with Gasteiger partial charge in [-0.3, -0.25) is 0 Å². The van der Waals surface area contributed by atoms with Gasteiger partial charge in [0.15, 0.2) is 5.75 Å². The third kappa shape index (κ3) is 4.22. The summed E-state index contributed by atoms with van der Waals surface area (Å²) >= 11 is 12.1. The van der Waals surface area contributed by atoms with Gasteiger partial charge in [-0.25, -0.2) is 0 Å². The second-order valence-electron chi connectivity index (χ2n) is 6.07. The number of fused-ring (bicyclic) bond motifs is 1. The number of nitrogens with one attached hydrogen (secondary N) is 1. The van der Waals surface area contributed by atoms with E-state index in [-0.39, 0.29) is 12.6 Å². The largest absolute Gasteiger partial charge is 0.488 e. The van der Waals surface area contributed by atoms with E-state index in [4.69, 9.17) is 27.9 Å². The van der Waals surface area contributed by atoms with Gasteiger partial charge < -0.3 is 15.2 Å². The second kappa shape index (κ2) is 8.21. The van der Waals surface area contributed by atoms with Crippen LogP contribution in [-0.4, -0.2) is 24.4 Å². The summed E-state index contributed by atoms with van der Waals surface area (Å²) < 4.78 is 5.58. The Bertz CT molecular complexity index is 673. The lowest BCUT2D eigenvalue weighted by molar-refractivity contribution is 0.103. The highest BCUT2D eigenvalue weighted by Crippen LogP contribution is 2.32. The summed E-state index contributed by atoms with van der Waals surface area (Å²) in [6, 6.07) is 14.0. The smallest absolute Gasteiger partial charge is 0.156 e. The van der Waals surface area contributed by atoms with Crippen molar-refractivity contribution >= 4 is 23.2 Å². The zero-order chi connectivity index (χ0) is 16.9. The third-order valence-electron chi connectivity index (χ3n) is 4.31. The predicted octanol–water partition coefficient (Wildman–Crippen LogP) is 4.40. The Labute approximate surface area is 152 Å². The summed E-state index contributed by atoms with van der Waals surface area (Å²) in [6.45, 7) is 0.603. The number of hydrogen-bond acceptors (Lipinski definition) is 3. The van der Waals surface area contributed by atoms with E-state index >= 15 is 0 Å². The molecule has 0 radical (unpaired) electrons. The molecule has 2 N–H and O–H groups in total. The van der Waals surface area contributed by atoms with E-state index in [2.05, 4.69) is 29.6 Å². The number of aryl methyl sites for hydroxylation is 1. The molecule has 0 aliphatic heterocycles. The van der Waals surface area contributed by atoms with Crippen molar-refractivity contribution in [3.05, 3.63) is 63.6 Å². The minimum absolute atomic E-state index is 0.144. The summed E-state index contributed by atoms with van der Waals surface area (Å²) in [7, 11) is 0. The van der Waals surface area contributed by atoms with Crippen LogP contribution >= 0.6 is 23.2 Å². The van der Waals surface area contributed by atoms with Gasteiger partial charge in [-0.1, -0.05) is 53.5 Å². The first kappa shape index (κ1) is 17.6. The molecular formula is C19H21Cl2NO2. The number of para-hydroxylation sites is 1. The second-order valence-corrected chi connectivity index (χ2v) is 6.88. The van der Waals surface area contributed by atoms with Gasteiger partial charge in [0.25, 0.3) is 0 Å². The van der Waals surface area contributed by atoms with E-state index in [9.17, 15) is 5.11 Å². The van der Waals surface area contributed by atoms with Crippen LogP contribution in [0.4, 0.5) is 0 Å². The molecule has 0 bridgehead atoms. The molecule has 2 aromatic carbocycles. The highest BCUT2D eigenvalue weighted by Gasteiger charge is 2.20. The monoisotopic (exact) mass is 365 g/mol. The van der Waals surface area contributed by atoms with Crippen LogP contribution in [0.25, 0.3) is 0 Å². The minimum atomic E-state index is -0.633. The highest BCUT2D eigenvalue weighted by molar-refractivity contribution is 6.37. The van der Waals surface area contributed by atoms with Gasteiger partial charge >= 0.3 is 0 Å². The van der Waals surface area contributed by atoms with Crippen LogP contribution in [0.1, 0.15) is 30.0 Å². The molecule has 0 heterocycles. The van der Waals surface area contributed by atoms with Crippen LogP contribution in [-0.2, 0) is 6.42 Å². The molecule has 0 spiro atoms. The molecular weight excluding hydrogens is 345 g/mol. The Hall–Kier alpha value is -1.26. The van der Waals surface area contributed by atoms with Crippen LogP contribution in [0, 0.1) is 0 Å². The van der Waals surface area contributed by atoms with Crippen molar-refractivity contribution in [1.29, 1.82) is 0 Å². The molecule has 0 saturated carbocycles. The first-order valence-corrected chi connectivity index (χ1v) is 8.97. The van der Waals surface area contributed by atoms with E-state index in [0.29, 0.717) is 22.3 Å². The van der Waals surface area contributed by atoms with Gasteiger partial charge in [-0.2, -0.15) is 0 Å². The number of aliphatic hydroxyl groups is 1. The molecule has 0 unspecified atom stereocenters. The number of aliphatic hydroxyl groups excluding tert-OH is 1. The maximum absolute atomic E-state index is 10.2. The van der Waals surface area contributed by atoms with Gasteiger partial charge in [-0.15, -0.1) is 0 Å². The van der Waals surface area contributed by atoms with E-state index in [1.54, 1.807) is 18.2 Å². The van der Waals surface area contributed by atoms with Gasteiger partial charge in [-0.05, 0) is 42.5 Å². The number of hydrogen-bond donors (Lipinski definition) is 2. The molecule has 2 atom stereocenters. The van der Waals surface area contributed by atoms with Crippen LogP contribution in [0.15, 0.2) is 42.5 Å². The summed E-state index contributed by atoms with van der Waals surface area (Å²) in [5, 5.41) is 14.5. The Kier molecular flexibility index (Phi) is 6.01. The highest BCUT2D eigenvalue weighted by atomic mass is 35.5. The molecule has 1 aliphatic rings. The average molecular weight is 366 g/mol. The number of rotatable bonds is 6. The molecule has 24 heavy (non-hydrogen) atoms. The van der Waals surface area contributed by atoms with Crippen LogP contribution < -0.4 is 10.1 Å². The topological polar surface area (TPSA) is 41.5 Å². The molecule has 0 amide bonds. The van der Waals surface area contributed by atoms with Crippen molar-refractivity contribution in [2.45, 2.75) is 31.4 Å². The zero-order valence-corrected chi connectivity index (χ0v) is 14.9. The van der Waals surface area contributed by atoms with E-state index in [1.165, 1.54) is 11.1 Å². The molecule has 3 nitrogen and oxygen atoms in total. The Morgan fingerprint density at radius 1 is 1.12 bits per heavy atom. The quantitative estimate of drug-likeness (QED) is 0.796. The van der Waals surface area contributed by atoms with Gasteiger partial charge in [0, 0.05) is 12.6 Å². The maximum Gasteiger partial charge on any atom is 0.156 e. The molecule has 0 saturated heterocycles. The van der Waals surface area contributed by atoms with Crippen LogP contribution in [0.3, 0.4) is 0 Å². The van der Waals surface area contributed by atoms with Crippen molar-refractivity contribution in [3.63, 3.8) is 0 Å². The fourth-order valence-corrected chi connectivity index (χ4v) is 3.61. The summed E-state index contributed by atoms with van der Waals surface area (Å²) in [4.78, 5) is 0. The van der Waals surface area contributed by atoms with E-state index in [0.717, 1.165) is 19.3 Å².